The molecule has 0 spiro atoms. The summed E-state index contributed by atoms with van der Waals surface area (Å²) < 4.78 is 52.6. The summed E-state index contributed by atoms with van der Waals surface area (Å²) in [5.74, 6) is -6.51. The van der Waals surface area contributed by atoms with Crippen LogP contribution in [0.15, 0.2) is 24.5 Å². The van der Waals surface area contributed by atoms with Crippen LogP contribution in [-0.4, -0.2) is 9.97 Å². The van der Waals surface area contributed by atoms with E-state index in [2.05, 4.69) is 15.3 Å². The molecule has 0 radical (unpaired) electrons. The number of rotatable bonds is 3. The van der Waals surface area contributed by atoms with Crippen molar-refractivity contribution in [2.75, 3.05) is 5.32 Å². The van der Waals surface area contributed by atoms with Gasteiger partial charge in [0.25, 0.3) is 11.9 Å². The predicted molar refractivity (Wildman–Crippen MR) is 60.3 cm³/mol. The van der Waals surface area contributed by atoms with Gasteiger partial charge in [0.15, 0.2) is 0 Å². The molecule has 0 amide bonds. The minimum absolute atomic E-state index is 0.584. The van der Waals surface area contributed by atoms with Gasteiger partial charge in [-0.1, -0.05) is 6.07 Å². The SMILES string of the molecule is CC(Nc1c(F)c(F)nc(F)c1F)c1cccnc1. The molecule has 1 N–H and O–H groups in total. The first kappa shape index (κ1) is 13.3. The van der Waals surface area contributed by atoms with E-state index < -0.39 is 35.3 Å². The van der Waals surface area contributed by atoms with Gasteiger partial charge < -0.3 is 5.32 Å². The molecule has 0 bridgehead atoms. The van der Waals surface area contributed by atoms with Crippen LogP contribution in [0, 0.1) is 23.5 Å². The normalized spacial score (nSPS) is 12.3. The molecule has 19 heavy (non-hydrogen) atoms. The van der Waals surface area contributed by atoms with Gasteiger partial charge in [-0.15, -0.1) is 0 Å². The van der Waals surface area contributed by atoms with Gasteiger partial charge in [-0.05, 0) is 18.6 Å². The summed E-state index contributed by atoms with van der Waals surface area (Å²) in [7, 11) is 0. The number of halogens is 4. The molecule has 2 heterocycles. The van der Waals surface area contributed by atoms with Crippen molar-refractivity contribution in [2.24, 2.45) is 0 Å². The highest BCUT2D eigenvalue weighted by Crippen LogP contribution is 2.26. The van der Waals surface area contributed by atoms with Crippen molar-refractivity contribution in [3.05, 3.63) is 53.6 Å². The number of pyridine rings is 2. The highest BCUT2D eigenvalue weighted by Gasteiger charge is 2.22. The summed E-state index contributed by atoms with van der Waals surface area (Å²) in [6.45, 7) is 1.58. The molecular weight excluding hydrogens is 262 g/mol. The molecule has 0 aliphatic carbocycles. The van der Waals surface area contributed by atoms with Gasteiger partial charge in [0.05, 0.1) is 6.04 Å². The maximum absolute atomic E-state index is 13.4. The van der Waals surface area contributed by atoms with Crippen LogP contribution in [0.25, 0.3) is 0 Å². The van der Waals surface area contributed by atoms with E-state index in [0.717, 1.165) is 0 Å². The zero-order valence-electron chi connectivity index (χ0n) is 9.79. The van der Waals surface area contributed by atoms with Crippen molar-refractivity contribution in [3.63, 3.8) is 0 Å². The standard InChI is InChI=1S/C12H9F4N3/c1-6(7-3-2-4-17-5-7)18-10-8(13)11(15)19-12(16)9(10)14/h2-6H,1H3,(H,18,19). The number of nitrogens with one attached hydrogen (secondary N) is 1. The molecule has 7 heteroatoms. The zero-order valence-corrected chi connectivity index (χ0v) is 9.79. The summed E-state index contributed by atoms with van der Waals surface area (Å²) in [5, 5.41) is 2.37. The van der Waals surface area contributed by atoms with Crippen LogP contribution in [0.2, 0.25) is 0 Å². The maximum Gasteiger partial charge on any atom is 0.253 e. The van der Waals surface area contributed by atoms with Gasteiger partial charge in [0.2, 0.25) is 11.6 Å². The fraction of sp³-hybridized carbons (Fsp3) is 0.167. The van der Waals surface area contributed by atoms with Crippen LogP contribution in [0.4, 0.5) is 23.2 Å². The van der Waals surface area contributed by atoms with E-state index in [1.54, 1.807) is 19.1 Å². The Morgan fingerprint density at radius 1 is 1.11 bits per heavy atom. The van der Waals surface area contributed by atoms with Crippen LogP contribution in [-0.2, 0) is 0 Å². The first-order valence-electron chi connectivity index (χ1n) is 5.37. The van der Waals surface area contributed by atoms with Crippen molar-refractivity contribution in [2.45, 2.75) is 13.0 Å². The van der Waals surface area contributed by atoms with Gasteiger partial charge in [-0.25, -0.2) is 0 Å². The van der Waals surface area contributed by atoms with Crippen molar-refractivity contribution in [1.29, 1.82) is 0 Å². The Kier molecular flexibility index (Phi) is 3.64. The third-order valence-corrected chi connectivity index (χ3v) is 2.54. The monoisotopic (exact) mass is 271 g/mol. The molecule has 0 aliphatic rings. The van der Waals surface area contributed by atoms with Gasteiger partial charge in [-0.2, -0.15) is 22.5 Å². The van der Waals surface area contributed by atoms with E-state index in [4.69, 9.17) is 0 Å². The van der Waals surface area contributed by atoms with E-state index in [9.17, 15) is 17.6 Å². The topological polar surface area (TPSA) is 37.8 Å². The molecule has 3 nitrogen and oxygen atoms in total. The molecule has 2 aromatic rings. The van der Waals surface area contributed by atoms with Crippen LogP contribution in [0.5, 0.6) is 0 Å². The predicted octanol–water partition coefficient (Wildman–Crippen LogP) is 3.21. The average Bonchev–Trinajstić information content (AvgIpc) is 2.42. The lowest BCUT2D eigenvalue weighted by atomic mass is 10.1. The summed E-state index contributed by atoms with van der Waals surface area (Å²) in [6, 6.07) is 2.71. The molecule has 0 fully saturated rings. The first-order chi connectivity index (χ1) is 9.00. The van der Waals surface area contributed by atoms with Crippen LogP contribution in [0.1, 0.15) is 18.5 Å². The molecule has 0 aromatic carbocycles. The number of anilines is 1. The lowest BCUT2D eigenvalue weighted by molar-refractivity contribution is 0.410. The lowest BCUT2D eigenvalue weighted by Gasteiger charge is -2.16. The Balaban J connectivity index is 2.34. The van der Waals surface area contributed by atoms with Crippen LogP contribution >= 0.6 is 0 Å². The number of hydrogen-bond acceptors (Lipinski definition) is 3. The molecule has 100 valence electrons. The van der Waals surface area contributed by atoms with Crippen molar-refractivity contribution >= 4 is 5.69 Å². The number of aromatic nitrogens is 2. The van der Waals surface area contributed by atoms with Gasteiger partial charge in [0.1, 0.15) is 5.69 Å². The van der Waals surface area contributed by atoms with Crippen molar-refractivity contribution in [1.82, 2.24) is 9.97 Å². The van der Waals surface area contributed by atoms with E-state index in [1.807, 2.05) is 0 Å². The fourth-order valence-corrected chi connectivity index (χ4v) is 1.55. The smallest absolute Gasteiger partial charge is 0.253 e. The molecule has 1 unspecified atom stereocenters. The minimum atomic E-state index is -1.69. The third-order valence-electron chi connectivity index (χ3n) is 2.54. The molecule has 1 atom stereocenters. The van der Waals surface area contributed by atoms with E-state index in [0.29, 0.717) is 5.56 Å². The largest absolute Gasteiger partial charge is 0.373 e. The summed E-state index contributed by atoms with van der Waals surface area (Å²) in [6.07, 6.45) is 3.00. The Hall–Kier alpha value is -2.18. The Morgan fingerprint density at radius 2 is 1.74 bits per heavy atom. The highest BCUT2D eigenvalue weighted by atomic mass is 19.2. The molecule has 0 saturated carbocycles. The Labute approximate surface area is 106 Å². The quantitative estimate of drug-likeness (QED) is 0.688. The van der Waals surface area contributed by atoms with E-state index in [-0.39, 0.29) is 0 Å². The summed E-state index contributed by atoms with van der Waals surface area (Å²) in [4.78, 5) is 6.32. The lowest BCUT2D eigenvalue weighted by Crippen LogP contribution is -2.13. The molecular formula is C12H9F4N3. The van der Waals surface area contributed by atoms with Crippen LogP contribution < -0.4 is 5.32 Å². The Bertz CT molecular complexity index is 563. The van der Waals surface area contributed by atoms with Crippen molar-refractivity contribution < 1.29 is 17.6 Å². The fourth-order valence-electron chi connectivity index (χ4n) is 1.55. The van der Waals surface area contributed by atoms with Gasteiger partial charge >= 0.3 is 0 Å². The third kappa shape index (κ3) is 2.64. The second-order valence-electron chi connectivity index (χ2n) is 3.85. The average molecular weight is 271 g/mol. The molecule has 0 saturated heterocycles. The molecule has 2 rings (SSSR count). The highest BCUT2D eigenvalue weighted by molar-refractivity contribution is 5.47. The molecule has 0 aliphatic heterocycles. The maximum atomic E-state index is 13.4. The van der Waals surface area contributed by atoms with Crippen molar-refractivity contribution in [3.8, 4) is 0 Å². The Morgan fingerprint density at radius 3 is 2.26 bits per heavy atom. The first-order valence-corrected chi connectivity index (χ1v) is 5.37. The van der Waals surface area contributed by atoms with E-state index >= 15 is 0 Å². The van der Waals surface area contributed by atoms with Gasteiger partial charge in [-0.3, -0.25) is 4.98 Å². The second-order valence-corrected chi connectivity index (χ2v) is 3.85. The zero-order chi connectivity index (χ0) is 14.0. The van der Waals surface area contributed by atoms with E-state index in [1.165, 1.54) is 12.4 Å². The van der Waals surface area contributed by atoms with Gasteiger partial charge in [0, 0.05) is 12.4 Å². The second kappa shape index (κ2) is 5.21. The summed E-state index contributed by atoms with van der Waals surface area (Å²) in [5.41, 5.74) is -0.278. The number of hydrogen-bond donors (Lipinski definition) is 1. The summed E-state index contributed by atoms with van der Waals surface area (Å²) >= 11 is 0. The molecule has 2 aromatic heterocycles. The number of nitrogens with zero attached hydrogens (tertiary/aromatic N) is 2. The van der Waals surface area contributed by atoms with Crippen LogP contribution in [0.3, 0.4) is 0 Å². The minimum Gasteiger partial charge on any atom is -0.373 e.